The minimum atomic E-state index is -0.414. The lowest BCUT2D eigenvalue weighted by Gasteiger charge is -2.35. The highest BCUT2D eigenvalue weighted by Crippen LogP contribution is 2.24. The molecule has 158 valence electrons. The topological polar surface area (TPSA) is 72.9 Å². The average molecular weight is 408 g/mol. The molecule has 0 aromatic heterocycles. The fourth-order valence-electron chi connectivity index (χ4n) is 4.22. The molecule has 2 aliphatic heterocycles. The van der Waals surface area contributed by atoms with Gasteiger partial charge in [0.25, 0.3) is 5.91 Å². The first-order valence-corrected chi connectivity index (χ1v) is 10.8. The van der Waals surface area contributed by atoms with E-state index in [1.165, 1.54) is 0 Å². The Balaban J connectivity index is 1.23. The van der Waals surface area contributed by atoms with Crippen LogP contribution in [0.2, 0.25) is 0 Å². The molecule has 1 unspecified atom stereocenters. The standard InChI is InChI=1S/C24H29N3O3/c28-22(18-5-2-1-3-6-18)7-4-12-26-13-15-27(16-14-26)24(30)20-8-10-21-19(17-20)9-11-23(29)25-21/h1-3,5-6,8,10,17,22,28H,4,7,9,11-16H2,(H,25,29). The molecular weight excluding hydrogens is 378 g/mol. The Kier molecular flexibility index (Phi) is 6.45. The van der Waals surface area contributed by atoms with Crippen molar-refractivity contribution in [1.82, 2.24) is 9.80 Å². The number of fused-ring (bicyclic) bond motifs is 1. The fraction of sp³-hybridized carbons (Fsp3) is 0.417. The quantitative estimate of drug-likeness (QED) is 0.772. The maximum atomic E-state index is 12.9. The smallest absolute Gasteiger partial charge is 0.253 e. The third-order valence-corrected chi connectivity index (χ3v) is 6.04. The molecule has 2 aliphatic rings. The third-order valence-electron chi connectivity index (χ3n) is 6.04. The van der Waals surface area contributed by atoms with E-state index >= 15 is 0 Å². The molecule has 6 heteroatoms. The SMILES string of the molecule is O=C1CCc2cc(C(=O)N3CCN(CCCC(O)c4ccccc4)CC3)ccc2N1. The molecule has 2 aromatic carbocycles. The summed E-state index contributed by atoms with van der Waals surface area (Å²) in [6.07, 6.45) is 2.42. The second kappa shape index (κ2) is 9.41. The van der Waals surface area contributed by atoms with Crippen LogP contribution in [0.15, 0.2) is 48.5 Å². The molecule has 1 atom stereocenters. The number of benzene rings is 2. The number of hydrogen-bond acceptors (Lipinski definition) is 4. The van der Waals surface area contributed by atoms with Crippen LogP contribution >= 0.6 is 0 Å². The van der Waals surface area contributed by atoms with Crippen molar-refractivity contribution >= 4 is 17.5 Å². The van der Waals surface area contributed by atoms with Gasteiger partial charge in [0.2, 0.25) is 5.91 Å². The maximum Gasteiger partial charge on any atom is 0.253 e. The zero-order valence-corrected chi connectivity index (χ0v) is 17.2. The molecule has 2 heterocycles. The largest absolute Gasteiger partial charge is 0.388 e. The predicted molar refractivity (Wildman–Crippen MR) is 116 cm³/mol. The summed E-state index contributed by atoms with van der Waals surface area (Å²) in [5.41, 5.74) is 3.53. The molecule has 0 radical (unpaired) electrons. The zero-order valence-electron chi connectivity index (χ0n) is 17.2. The van der Waals surface area contributed by atoms with Gasteiger partial charge in [-0.1, -0.05) is 30.3 Å². The molecular formula is C24H29N3O3. The molecule has 0 saturated carbocycles. The monoisotopic (exact) mass is 407 g/mol. The van der Waals surface area contributed by atoms with Crippen LogP contribution in [-0.4, -0.2) is 59.4 Å². The Morgan fingerprint density at radius 3 is 2.57 bits per heavy atom. The molecule has 0 bridgehead atoms. The summed E-state index contributed by atoms with van der Waals surface area (Å²) in [7, 11) is 0. The van der Waals surface area contributed by atoms with Crippen molar-refractivity contribution in [3.8, 4) is 0 Å². The number of nitrogens with zero attached hydrogens (tertiary/aromatic N) is 2. The molecule has 2 aromatic rings. The van der Waals surface area contributed by atoms with Crippen LogP contribution in [0.1, 0.15) is 46.9 Å². The minimum Gasteiger partial charge on any atom is -0.388 e. The van der Waals surface area contributed by atoms with Crippen molar-refractivity contribution in [2.45, 2.75) is 31.8 Å². The normalized spacial score (nSPS) is 17.9. The van der Waals surface area contributed by atoms with Crippen molar-refractivity contribution < 1.29 is 14.7 Å². The van der Waals surface area contributed by atoms with Crippen molar-refractivity contribution in [3.63, 3.8) is 0 Å². The lowest BCUT2D eigenvalue weighted by atomic mass is 10.00. The van der Waals surface area contributed by atoms with E-state index in [1.54, 1.807) is 0 Å². The van der Waals surface area contributed by atoms with Gasteiger partial charge < -0.3 is 15.3 Å². The van der Waals surface area contributed by atoms with Gasteiger partial charge in [-0.25, -0.2) is 0 Å². The number of rotatable bonds is 6. The Labute approximate surface area is 177 Å². The minimum absolute atomic E-state index is 0.0361. The molecule has 1 fully saturated rings. The van der Waals surface area contributed by atoms with Crippen LogP contribution < -0.4 is 5.32 Å². The van der Waals surface area contributed by atoms with Gasteiger partial charge in [-0.15, -0.1) is 0 Å². The highest BCUT2D eigenvalue weighted by molar-refractivity contribution is 5.98. The number of anilines is 1. The van der Waals surface area contributed by atoms with Gasteiger partial charge in [-0.3, -0.25) is 14.5 Å². The number of hydrogen-bond donors (Lipinski definition) is 2. The van der Waals surface area contributed by atoms with E-state index in [9.17, 15) is 14.7 Å². The lowest BCUT2D eigenvalue weighted by molar-refractivity contribution is -0.116. The first-order chi connectivity index (χ1) is 14.6. The Bertz CT molecular complexity index is 892. The number of aliphatic hydroxyl groups is 1. The van der Waals surface area contributed by atoms with E-state index in [0.717, 1.165) is 49.3 Å². The highest BCUT2D eigenvalue weighted by Gasteiger charge is 2.23. The van der Waals surface area contributed by atoms with Crippen LogP contribution in [0.4, 0.5) is 5.69 Å². The first kappa shape index (κ1) is 20.6. The van der Waals surface area contributed by atoms with Crippen LogP contribution in [-0.2, 0) is 11.2 Å². The van der Waals surface area contributed by atoms with Crippen molar-refractivity contribution in [3.05, 3.63) is 65.2 Å². The van der Waals surface area contributed by atoms with E-state index in [1.807, 2.05) is 53.4 Å². The van der Waals surface area contributed by atoms with Gasteiger partial charge >= 0.3 is 0 Å². The summed E-state index contributed by atoms with van der Waals surface area (Å²) in [4.78, 5) is 28.7. The van der Waals surface area contributed by atoms with Gasteiger partial charge in [0, 0.05) is 43.9 Å². The van der Waals surface area contributed by atoms with Gasteiger partial charge in [-0.05, 0) is 55.1 Å². The second-order valence-electron chi connectivity index (χ2n) is 8.12. The van der Waals surface area contributed by atoms with Crippen molar-refractivity contribution in [1.29, 1.82) is 0 Å². The predicted octanol–water partition coefficient (Wildman–Crippen LogP) is 2.84. The summed E-state index contributed by atoms with van der Waals surface area (Å²) >= 11 is 0. The van der Waals surface area contributed by atoms with E-state index in [-0.39, 0.29) is 11.8 Å². The second-order valence-corrected chi connectivity index (χ2v) is 8.12. The fourth-order valence-corrected chi connectivity index (χ4v) is 4.22. The number of piperazine rings is 1. The summed E-state index contributed by atoms with van der Waals surface area (Å²) < 4.78 is 0. The number of amides is 2. The molecule has 0 aliphatic carbocycles. The molecule has 0 spiro atoms. The molecule has 2 amide bonds. The summed E-state index contributed by atoms with van der Waals surface area (Å²) in [6.45, 7) is 4.08. The molecule has 6 nitrogen and oxygen atoms in total. The van der Waals surface area contributed by atoms with Gasteiger partial charge in [0.05, 0.1) is 6.10 Å². The number of aliphatic hydroxyl groups excluding tert-OH is 1. The van der Waals surface area contributed by atoms with E-state index < -0.39 is 6.10 Å². The first-order valence-electron chi connectivity index (χ1n) is 10.8. The third kappa shape index (κ3) is 4.89. The number of nitrogens with one attached hydrogen (secondary N) is 1. The van der Waals surface area contributed by atoms with Gasteiger partial charge in [-0.2, -0.15) is 0 Å². The zero-order chi connectivity index (χ0) is 20.9. The van der Waals surface area contributed by atoms with Crippen LogP contribution in [0.5, 0.6) is 0 Å². The van der Waals surface area contributed by atoms with Crippen molar-refractivity contribution in [2.75, 3.05) is 38.0 Å². The lowest BCUT2D eigenvalue weighted by Crippen LogP contribution is -2.48. The van der Waals surface area contributed by atoms with Crippen LogP contribution in [0.3, 0.4) is 0 Å². The Morgan fingerprint density at radius 1 is 1.03 bits per heavy atom. The average Bonchev–Trinajstić information content (AvgIpc) is 2.79. The molecule has 4 rings (SSSR count). The van der Waals surface area contributed by atoms with Crippen LogP contribution in [0.25, 0.3) is 0 Å². The summed E-state index contributed by atoms with van der Waals surface area (Å²) in [5, 5.41) is 13.2. The summed E-state index contributed by atoms with van der Waals surface area (Å²) in [5.74, 6) is 0.0998. The van der Waals surface area contributed by atoms with E-state index in [2.05, 4.69) is 10.2 Å². The molecule has 2 N–H and O–H groups in total. The Hall–Kier alpha value is -2.70. The number of carbonyl (C=O) groups excluding carboxylic acids is 2. The highest BCUT2D eigenvalue weighted by atomic mass is 16.3. The van der Waals surface area contributed by atoms with E-state index in [4.69, 9.17) is 0 Å². The number of carbonyl (C=O) groups is 2. The Morgan fingerprint density at radius 2 is 1.80 bits per heavy atom. The van der Waals surface area contributed by atoms with Crippen molar-refractivity contribution in [2.24, 2.45) is 0 Å². The van der Waals surface area contributed by atoms with Gasteiger partial charge in [0.15, 0.2) is 0 Å². The van der Waals surface area contributed by atoms with Crippen LogP contribution in [0, 0.1) is 0 Å². The maximum absolute atomic E-state index is 12.9. The van der Waals surface area contributed by atoms with Gasteiger partial charge in [0.1, 0.15) is 0 Å². The molecule has 30 heavy (non-hydrogen) atoms. The number of aryl methyl sites for hydroxylation is 1. The summed E-state index contributed by atoms with van der Waals surface area (Å²) in [6, 6.07) is 15.4. The van der Waals surface area contributed by atoms with E-state index in [0.29, 0.717) is 31.5 Å². The molecule has 1 saturated heterocycles.